The molecule has 0 unspecified atom stereocenters. The number of carbonyl (C=O) groups excluding carboxylic acids is 2. The molecular weight excluding hydrogens is 464 g/mol. The molecular formula is C26H34N4O4S. The Morgan fingerprint density at radius 1 is 1.06 bits per heavy atom. The fraction of sp³-hybridized carbons (Fsp3) is 0.462. The first-order valence-electron chi connectivity index (χ1n) is 12.2. The number of aryl methyl sites for hydroxylation is 1. The Labute approximate surface area is 207 Å². The summed E-state index contributed by atoms with van der Waals surface area (Å²) in [6, 6.07) is 12.0. The van der Waals surface area contributed by atoms with Crippen LogP contribution in [0.1, 0.15) is 48.9 Å². The van der Waals surface area contributed by atoms with Gasteiger partial charge < -0.3 is 15.5 Å². The summed E-state index contributed by atoms with van der Waals surface area (Å²) in [4.78, 5) is 27.1. The summed E-state index contributed by atoms with van der Waals surface area (Å²) in [5.74, 6) is -0.513. The number of benzene rings is 2. The summed E-state index contributed by atoms with van der Waals surface area (Å²) < 4.78 is 29.4. The Hall–Kier alpha value is -2.75. The lowest BCUT2D eigenvalue weighted by Crippen LogP contribution is -2.43. The van der Waals surface area contributed by atoms with Crippen LogP contribution in [0, 0.1) is 6.92 Å². The molecule has 1 saturated heterocycles. The molecule has 2 aliphatic heterocycles. The average Bonchev–Trinajstić information content (AvgIpc) is 3.33. The molecule has 0 spiro atoms. The van der Waals surface area contributed by atoms with Crippen molar-refractivity contribution in [3.63, 3.8) is 0 Å². The highest BCUT2D eigenvalue weighted by molar-refractivity contribution is 7.89. The molecule has 0 bridgehead atoms. The van der Waals surface area contributed by atoms with Crippen molar-refractivity contribution in [2.24, 2.45) is 0 Å². The van der Waals surface area contributed by atoms with Crippen LogP contribution in [-0.4, -0.2) is 62.2 Å². The molecule has 8 nitrogen and oxygen atoms in total. The largest absolute Gasteiger partial charge is 0.355 e. The zero-order valence-electron chi connectivity index (χ0n) is 20.4. The van der Waals surface area contributed by atoms with Gasteiger partial charge in [-0.15, -0.1) is 0 Å². The summed E-state index contributed by atoms with van der Waals surface area (Å²) in [7, 11) is -4.00. The van der Waals surface area contributed by atoms with Crippen LogP contribution in [0.4, 0.5) is 5.69 Å². The van der Waals surface area contributed by atoms with Gasteiger partial charge in [0.1, 0.15) is 4.90 Å². The predicted molar refractivity (Wildman–Crippen MR) is 136 cm³/mol. The first kappa shape index (κ1) is 25.3. The first-order valence-corrected chi connectivity index (χ1v) is 13.7. The van der Waals surface area contributed by atoms with Gasteiger partial charge in [-0.2, -0.15) is 4.31 Å². The van der Waals surface area contributed by atoms with Gasteiger partial charge in [-0.05, 0) is 68.1 Å². The Balaban J connectivity index is 1.61. The van der Waals surface area contributed by atoms with Crippen LogP contribution in [-0.2, 0) is 26.0 Å². The minimum atomic E-state index is -4.00. The van der Waals surface area contributed by atoms with Crippen LogP contribution in [0.2, 0.25) is 0 Å². The zero-order chi connectivity index (χ0) is 25.0. The van der Waals surface area contributed by atoms with E-state index in [4.69, 9.17) is 0 Å². The van der Waals surface area contributed by atoms with Gasteiger partial charge in [0.05, 0.1) is 11.7 Å². The highest BCUT2D eigenvalue weighted by Crippen LogP contribution is 2.38. The number of amides is 2. The van der Waals surface area contributed by atoms with Gasteiger partial charge >= 0.3 is 0 Å². The molecule has 0 radical (unpaired) electrons. The van der Waals surface area contributed by atoms with Crippen LogP contribution < -0.4 is 10.6 Å². The summed E-state index contributed by atoms with van der Waals surface area (Å²) in [5, 5.41) is 5.63. The van der Waals surface area contributed by atoms with Crippen molar-refractivity contribution in [2.75, 3.05) is 38.0 Å². The number of fused-ring (bicyclic) bond motifs is 1. The predicted octanol–water partition coefficient (Wildman–Crippen LogP) is 2.84. The molecule has 0 saturated carbocycles. The van der Waals surface area contributed by atoms with E-state index in [0.717, 1.165) is 36.3 Å². The van der Waals surface area contributed by atoms with Gasteiger partial charge in [0, 0.05) is 33.0 Å². The van der Waals surface area contributed by atoms with E-state index < -0.39 is 16.1 Å². The number of sulfonamides is 1. The maximum absolute atomic E-state index is 14.0. The molecule has 2 aromatic carbocycles. The highest BCUT2D eigenvalue weighted by atomic mass is 32.2. The van der Waals surface area contributed by atoms with Crippen LogP contribution in [0.5, 0.6) is 0 Å². The number of nitrogens with zero attached hydrogens (tertiary/aromatic N) is 2. The molecule has 2 amide bonds. The molecule has 9 heteroatoms. The molecule has 0 aliphatic carbocycles. The average molecular weight is 499 g/mol. The Morgan fingerprint density at radius 2 is 1.80 bits per heavy atom. The maximum Gasteiger partial charge on any atom is 0.245 e. The lowest BCUT2D eigenvalue weighted by Gasteiger charge is -2.36. The second-order valence-electron chi connectivity index (χ2n) is 9.36. The van der Waals surface area contributed by atoms with E-state index >= 15 is 0 Å². The van der Waals surface area contributed by atoms with Crippen molar-refractivity contribution < 1.29 is 18.0 Å². The van der Waals surface area contributed by atoms with Gasteiger partial charge in [-0.25, -0.2) is 8.42 Å². The van der Waals surface area contributed by atoms with Crippen LogP contribution in [0.25, 0.3) is 0 Å². The molecule has 2 N–H and O–H groups in total. The third kappa shape index (κ3) is 5.91. The smallest absolute Gasteiger partial charge is 0.245 e. The van der Waals surface area contributed by atoms with Crippen molar-refractivity contribution in [1.29, 1.82) is 0 Å². The van der Waals surface area contributed by atoms with Gasteiger partial charge in [-0.3, -0.25) is 9.59 Å². The molecule has 2 aliphatic rings. The van der Waals surface area contributed by atoms with Crippen LogP contribution in [0.15, 0.2) is 47.4 Å². The number of likely N-dealkylation sites (tertiary alicyclic amines) is 1. The van der Waals surface area contributed by atoms with E-state index in [1.165, 1.54) is 24.1 Å². The Bertz CT molecular complexity index is 1190. The minimum absolute atomic E-state index is 0.0392. The van der Waals surface area contributed by atoms with Gasteiger partial charge in [0.15, 0.2) is 0 Å². The standard InChI is InChI=1S/C26H34N4O4S/c1-19-9-10-23(28-20(2)31)25(17-19)35(33,34)30-15-11-21-7-3-4-8-22(21)24(30)18-26(32)27-12-16-29-13-5-6-14-29/h3-4,7-10,17,24H,5-6,11-16,18H2,1-2H3,(H,27,32)(H,28,31)/t24-/m1/s1. The van der Waals surface area contributed by atoms with E-state index in [0.29, 0.717) is 13.0 Å². The SMILES string of the molecule is CC(=O)Nc1ccc(C)cc1S(=O)(=O)N1CCc2ccccc2[C@H]1CC(=O)NCCN1CCCC1. The zero-order valence-corrected chi connectivity index (χ0v) is 21.2. The summed E-state index contributed by atoms with van der Waals surface area (Å²) >= 11 is 0. The number of rotatable bonds is 8. The Morgan fingerprint density at radius 3 is 2.54 bits per heavy atom. The molecule has 0 aromatic heterocycles. The number of hydrogen-bond acceptors (Lipinski definition) is 5. The Kier molecular flexibility index (Phi) is 7.88. The lowest BCUT2D eigenvalue weighted by atomic mass is 9.92. The summed E-state index contributed by atoms with van der Waals surface area (Å²) in [6.45, 7) is 6.90. The van der Waals surface area contributed by atoms with E-state index in [1.54, 1.807) is 18.2 Å². The third-order valence-corrected chi connectivity index (χ3v) is 8.67. The number of anilines is 1. The quantitative estimate of drug-likeness (QED) is 0.583. The fourth-order valence-corrected chi connectivity index (χ4v) is 6.84. The molecule has 1 atom stereocenters. The third-order valence-electron chi connectivity index (χ3n) is 6.73. The van der Waals surface area contributed by atoms with Crippen molar-refractivity contribution in [3.8, 4) is 0 Å². The molecule has 4 rings (SSSR count). The monoisotopic (exact) mass is 498 g/mol. The first-order chi connectivity index (χ1) is 16.8. The van der Waals surface area contributed by atoms with E-state index in [2.05, 4.69) is 15.5 Å². The minimum Gasteiger partial charge on any atom is -0.355 e. The fourth-order valence-electron chi connectivity index (χ4n) is 5.00. The van der Waals surface area contributed by atoms with Crippen LogP contribution in [0.3, 0.4) is 0 Å². The number of hydrogen-bond donors (Lipinski definition) is 2. The van der Waals surface area contributed by atoms with Gasteiger partial charge in [0.2, 0.25) is 21.8 Å². The lowest BCUT2D eigenvalue weighted by molar-refractivity contribution is -0.122. The summed E-state index contributed by atoms with van der Waals surface area (Å²) in [6.07, 6.45) is 2.99. The summed E-state index contributed by atoms with van der Waals surface area (Å²) in [5.41, 5.74) is 2.92. The van der Waals surface area contributed by atoms with Gasteiger partial charge in [0.25, 0.3) is 0 Å². The van der Waals surface area contributed by atoms with Crippen molar-refractivity contribution >= 4 is 27.5 Å². The van der Waals surface area contributed by atoms with E-state index in [-0.39, 0.29) is 35.4 Å². The maximum atomic E-state index is 14.0. The second-order valence-corrected chi connectivity index (χ2v) is 11.2. The highest BCUT2D eigenvalue weighted by Gasteiger charge is 2.38. The van der Waals surface area contributed by atoms with Crippen molar-refractivity contribution in [1.82, 2.24) is 14.5 Å². The molecule has 188 valence electrons. The molecule has 1 fully saturated rings. The molecule has 35 heavy (non-hydrogen) atoms. The number of carbonyl (C=O) groups is 2. The van der Waals surface area contributed by atoms with Crippen molar-refractivity contribution in [2.45, 2.75) is 50.5 Å². The molecule has 2 aromatic rings. The van der Waals surface area contributed by atoms with Gasteiger partial charge in [-0.1, -0.05) is 30.3 Å². The topological polar surface area (TPSA) is 98.8 Å². The molecule has 2 heterocycles. The normalized spacial score (nSPS) is 18.7. The van der Waals surface area contributed by atoms with E-state index in [9.17, 15) is 18.0 Å². The van der Waals surface area contributed by atoms with Crippen LogP contribution >= 0.6 is 0 Å². The second kappa shape index (κ2) is 10.9. The van der Waals surface area contributed by atoms with E-state index in [1.807, 2.05) is 31.2 Å². The number of nitrogens with one attached hydrogen (secondary N) is 2. The van der Waals surface area contributed by atoms with Crippen molar-refractivity contribution in [3.05, 3.63) is 59.2 Å².